The first kappa shape index (κ1) is 32.0. The molecule has 12 heteroatoms. The molecule has 0 bridgehead atoms. The second-order valence-corrected chi connectivity index (χ2v) is 10.9. The van der Waals surface area contributed by atoms with E-state index in [1.165, 1.54) is 11.3 Å². The smallest absolute Gasteiger partial charge is 0.338 e. The highest BCUT2D eigenvalue weighted by Crippen LogP contribution is 2.33. The van der Waals surface area contributed by atoms with Crippen molar-refractivity contribution >= 4 is 45.3 Å². The van der Waals surface area contributed by atoms with Crippen LogP contribution in [0.3, 0.4) is 0 Å². The summed E-state index contributed by atoms with van der Waals surface area (Å²) in [5.74, 6) is -0.192. The molecule has 0 radical (unpaired) electrons. The molecule has 2 heterocycles. The molecule has 0 saturated carbocycles. The third kappa shape index (κ3) is 7.46. The number of esters is 2. The Morgan fingerprint density at radius 3 is 1.98 bits per heavy atom. The third-order valence-electron chi connectivity index (χ3n) is 6.95. The Hall–Kier alpha value is -5.36. The lowest BCUT2D eigenvalue weighted by Crippen LogP contribution is -2.32. The molecule has 1 amide bonds. The van der Waals surface area contributed by atoms with Crippen LogP contribution in [-0.2, 0) is 25.5 Å². The van der Waals surface area contributed by atoms with Crippen LogP contribution >= 0.6 is 11.3 Å². The van der Waals surface area contributed by atoms with Gasteiger partial charge in [0.15, 0.2) is 11.2 Å². The standard InChI is InChI=1S/C34H32N4O7S/c1-5-28(32(40)38-34-35-23(19-46-34)18-29(39)44-6-2)45-33(41)22-11-16-26-27(17-22)37-31(21-9-14-25(43-4)15-10-21)30(36-26)20-7-12-24(42-3)13-8-20/h7-17,19,28H,5-6,18H2,1-4H3,(H,35,38,40). The van der Waals surface area contributed by atoms with E-state index in [1.807, 2.05) is 48.5 Å². The van der Waals surface area contributed by atoms with Gasteiger partial charge < -0.3 is 18.9 Å². The highest BCUT2D eigenvalue weighted by molar-refractivity contribution is 7.13. The predicted molar refractivity (Wildman–Crippen MR) is 174 cm³/mol. The molecule has 0 aliphatic heterocycles. The highest BCUT2D eigenvalue weighted by Gasteiger charge is 2.24. The van der Waals surface area contributed by atoms with Gasteiger partial charge in [0.05, 0.1) is 60.9 Å². The molecular formula is C34H32N4O7S. The van der Waals surface area contributed by atoms with Crippen LogP contribution in [0.15, 0.2) is 72.1 Å². The number of amides is 1. The van der Waals surface area contributed by atoms with Gasteiger partial charge in [0.25, 0.3) is 5.91 Å². The Bertz CT molecular complexity index is 1860. The molecule has 1 N–H and O–H groups in total. The number of carbonyl (C=O) groups excluding carboxylic acids is 3. The van der Waals surface area contributed by atoms with E-state index in [9.17, 15) is 14.4 Å². The molecule has 0 fully saturated rings. The maximum absolute atomic E-state index is 13.2. The van der Waals surface area contributed by atoms with Gasteiger partial charge in [-0.1, -0.05) is 6.92 Å². The number of anilines is 1. The summed E-state index contributed by atoms with van der Waals surface area (Å²) in [5.41, 5.74) is 4.67. The number of thiazole rings is 1. The minimum absolute atomic E-state index is 0.000964. The van der Waals surface area contributed by atoms with Crippen molar-refractivity contribution in [1.82, 2.24) is 15.0 Å². The van der Waals surface area contributed by atoms with Gasteiger partial charge >= 0.3 is 11.9 Å². The highest BCUT2D eigenvalue weighted by atomic mass is 32.1. The number of ether oxygens (including phenoxy) is 4. The van der Waals surface area contributed by atoms with Crippen molar-refractivity contribution in [3.05, 3.63) is 83.4 Å². The molecule has 11 nitrogen and oxygen atoms in total. The summed E-state index contributed by atoms with van der Waals surface area (Å²) in [5, 5.41) is 4.62. The van der Waals surface area contributed by atoms with Gasteiger partial charge in [-0.3, -0.25) is 14.9 Å². The molecule has 46 heavy (non-hydrogen) atoms. The van der Waals surface area contributed by atoms with Crippen molar-refractivity contribution in [2.45, 2.75) is 32.8 Å². The number of hydrogen-bond donors (Lipinski definition) is 1. The second kappa shape index (κ2) is 14.6. The van der Waals surface area contributed by atoms with Crippen molar-refractivity contribution in [3.63, 3.8) is 0 Å². The fraction of sp³-hybridized carbons (Fsp3) is 0.235. The maximum Gasteiger partial charge on any atom is 0.338 e. The number of rotatable bonds is 12. The van der Waals surface area contributed by atoms with Crippen LogP contribution in [0.2, 0.25) is 0 Å². The summed E-state index contributed by atoms with van der Waals surface area (Å²) in [6.45, 7) is 3.73. The summed E-state index contributed by atoms with van der Waals surface area (Å²) in [6, 6.07) is 19.9. The van der Waals surface area contributed by atoms with Gasteiger partial charge in [0.2, 0.25) is 0 Å². The number of methoxy groups -OCH3 is 2. The third-order valence-corrected chi connectivity index (χ3v) is 7.76. The molecule has 1 unspecified atom stereocenters. The number of nitrogens with one attached hydrogen (secondary N) is 1. The zero-order valence-corrected chi connectivity index (χ0v) is 26.6. The zero-order valence-electron chi connectivity index (χ0n) is 25.7. The number of fused-ring (bicyclic) bond motifs is 1. The SMILES string of the molecule is CCOC(=O)Cc1csc(NC(=O)C(CC)OC(=O)c2ccc3nc(-c4ccc(OC)cc4)c(-c4ccc(OC)cc4)nc3c2)n1. The molecule has 0 aliphatic rings. The molecule has 5 rings (SSSR count). The van der Waals surface area contributed by atoms with E-state index in [2.05, 4.69) is 10.3 Å². The summed E-state index contributed by atoms with van der Waals surface area (Å²) >= 11 is 1.17. The lowest BCUT2D eigenvalue weighted by atomic mass is 10.0. The van der Waals surface area contributed by atoms with E-state index in [-0.39, 0.29) is 25.0 Å². The van der Waals surface area contributed by atoms with Crippen molar-refractivity contribution in [2.24, 2.45) is 0 Å². The average molecular weight is 641 g/mol. The molecule has 1 atom stereocenters. The Morgan fingerprint density at radius 1 is 0.804 bits per heavy atom. The van der Waals surface area contributed by atoms with Crippen LogP contribution in [0.25, 0.3) is 33.5 Å². The second-order valence-electron chi connectivity index (χ2n) is 10.00. The van der Waals surface area contributed by atoms with Crippen molar-refractivity contribution in [3.8, 4) is 34.0 Å². The average Bonchev–Trinajstić information content (AvgIpc) is 3.52. The van der Waals surface area contributed by atoms with Gasteiger partial charge in [-0.05, 0) is 80.1 Å². The van der Waals surface area contributed by atoms with E-state index >= 15 is 0 Å². The number of nitrogens with zero attached hydrogens (tertiary/aromatic N) is 3. The van der Waals surface area contributed by atoms with Gasteiger partial charge in [-0.2, -0.15) is 0 Å². The topological polar surface area (TPSA) is 139 Å². The Labute approximate surface area is 269 Å². The monoisotopic (exact) mass is 640 g/mol. The summed E-state index contributed by atoms with van der Waals surface area (Å²) < 4.78 is 21.2. The first-order valence-electron chi connectivity index (χ1n) is 14.5. The fourth-order valence-corrected chi connectivity index (χ4v) is 5.31. The Morgan fingerprint density at radius 2 is 1.41 bits per heavy atom. The minimum Gasteiger partial charge on any atom is -0.497 e. The predicted octanol–water partition coefficient (Wildman–Crippen LogP) is 6.12. The van der Waals surface area contributed by atoms with Gasteiger partial charge in [0, 0.05) is 16.5 Å². The van der Waals surface area contributed by atoms with Gasteiger partial charge in [-0.15, -0.1) is 11.3 Å². The van der Waals surface area contributed by atoms with Crippen LogP contribution in [0, 0.1) is 0 Å². The summed E-state index contributed by atoms with van der Waals surface area (Å²) in [6.07, 6.45) is -0.836. The molecule has 0 saturated heterocycles. The van der Waals surface area contributed by atoms with Gasteiger partial charge in [0.1, 0.15) is 11.5 Å². The first-order chi connectivity index (χ1) is 22.3. The van der Waals surface area contributed by atoms with Crippen molar-refractivity contribution < 1.29 is 33.3 Å². The maximum atomic E-state index is 13.2. The molecule has 5 aromatic rings. The van der Waals surface area contributed by atoms with Crippen LogP contribution in [0.5, 0.6) is 11.5 Å². The van der Waals surface area contributed by atoms with Crippen LogP contribution in [0.1, 0.15) is 36.3 Å². The Balaban J connectivity index is 1.38. The molecular weight excluding hydrogens is 608 g/mol. The number of carbonyl (C=O) groups is 3. The van der Waals surface area contributed by atoms with Crippen LogP contribution in [-0.4, -0.2) is 59.7 Å². The minimum atomic E-state index is -1.07. The largest absolute Gasteiger partial charge is 0.497 e. The number of aromatic nitrogens is 3. The molecule has 3 aromatic carbocycles. The van der Waals surface area contributed by atoms with E-state index in [1.54, 1.807) is 51.6 Å². The van der Waals surface area contributed by atoms with E-state index in [0.29, 0.717) is 39.0 Å². The van der Waals surface area contributed by atoms with E-state index in [0.717, 1.165) is 16.9 Å². The van der Waals surface area contributed by atoms with Crippen LogP contribution in [0.4, 0.5) is 5.13 Å². The number of hydrogen-bond acceptors (Lipinski definition) is 11. The lowest BCUT2D eigenvalue weighted by molar-refractivity contribution is -0.142. The zero-order chi connectivity index (χ0) is 32.6. The molecule has 0 aliphatic carbocycles. The Kier molecular flexibility index (Phi) is 10.2. The van der Waals surface area contributed by atoms with E-state index < -0.39 is 23.9 Å². The quantitative estimate of drug-likeness (QED) is 0.159. The summed E-state index contributed by atoms with van der Waals surface area (Å²) in [4.78, 5) is 52.0. The van der Waals surface area contributed by atoms with Crippen molar-refractivity contribution in [1.29, 1.82) is 0 Å². The summed E-state index contributed by atoms with van der Waals surface area (Å²) in [7, 11) is 3.21. The fourth-order valence-electron chi connectivity index (χ4n) is 4.59. The van der Waals surface area contributed by atoms with Crippen LogP contribution < -0.4 is 14.8 Å². The lowest BCUT2D eigenvalue weighted by Gasteiger charge is -2.16. The molecule has 0 spiro atoms. The van der Waals surface area contributed by atoms with E-state index in [4.69, 9.17) is 28.9 Å². The molecule has 2 aromatic heterocycles. The first-order valence-corrected chi connectivity index (χ1v) is 15.4. The normalized spacial score (nSPS) is 11.5. The van der Waals surface area contributed by atoms with Crippen molar-refractivity contribution in [2.75, 3.05) is 26.1 Å². The van der Waals surface area contributed by atoms with Gasteiger partial charge in [-0.25, -0.2) is 19.7 Å². The molecule has 236 valence electrons. The number of benzene rings is 3.